The van der Waals surface area contributed by atoms with Crippen molar-refractivity contribution >= 4 is 0 Å². The lowest BCUT2D eigenvalue weighted by Gasteiger charge is -2.12. The third-order valence-corrected chi connectivity index (χ3v) is 2.11. The van der Waals surface area contributed by atoms with E-state index in [0.717, 1.165) is 12.2 Å². The standard InChI is InChI=1S/C10H19N3O.C2H6/c1-5-14-10-6-8(2)13(12-10)9(3)7-11-4;1-2/h6,9,11H,5,7H2,1-4H3;1-2H3. The SMILES string of the molecule is CC.CCOc1cc(C)n(C(C)CNC)n1. The van der Waals surface area contributed by atoms with Crippen molar-refractivity contribution in [1.82, 2.24) is 15.1 Å². The number of aryl methyl sites for hydroxylation is 1. The molecule has 0 aliphatic heterocycles. The van der Waals surface area contributed by atoms with E-state index < -0.39 is 0 Å². The minimum Gasteiger partial charge on any atom is -0.477 e. The lowest BCUT2D eigenvalue weighted by Crippen LogP contribution is -2.21. The maximum Gasteiger partial charge on any atom is 0.232 e. The van der Waals surface area contributed by atoms with E-state index in [1.54, 1.807) is 0 Å². The minimum atomic E-state index is 0.356. The van der Waals surface area contributed by atoms with Gasteiger partial charge in [0.15, 0.2) is 0 Å². The zero-order chi connectivity index (χ0) is 12.6. The summed E-state index contributed by atoms with van der Waals surface area (Å²) in [6.45, 7) is 11.7. The summed E-state index contributed by atoms with van der Waals surface area (Å²) in [5, 5.41) is 7.51. The smallest absolute Gasteiger partial charge is 0.232 e. The number of aromatic nitrogens is 2. The summed E-state index contributed by atoms with van der Waals surface area (Å²) in [7, 11) is 1.94. The summed E-state index contributed by atoms with van der Waals surface area (Å²) < 4.78 is 7.33. The number of rotatable bonds is 5. The van der Waals surface area contributed by atoms with Crippen LogP contribution in [0.1, 0.15) is 39.4 Å². The number of nitrogens with one attached hydrogen (secondary N) is 1. The monoisotopic (exact) mass is 227 g/mol. The van der Waals surface area contributed by atoms with E-state index in [0.29, 0.717) is 18.5 Å². The molecule has 0 saturated heterocycles. The van der Waals surface area contributed by atoms with Gasteiger partial charge in [-0.15, -0.1) is 5.10 Å². The molecule has 4 heteroatoms. The van der Waals surface area contributed by atoms with Crippen molar-refractivity contribution in [2.45, 2.75) is 40.7 Å². The average molecular weight is 227 g/mol. The average Bonchev–Trinajstić information content (AvgIpc) is 2.63. The molecule has 94 valence electrons. The molecule has 0 bridgehead atoms. The van der Waals surface area contributed by atoms with Crippen LogP contribution < -0.4 is 10.1 Å². The summed E-state index contributed by atoms with van der Waals surface area (Å²) in [5.74, 6) is 0.716. The molecular formula is C12H25N3O. The molecule has 1 aromatic rings. The van der Waals surface area contributed by atoms with E-state index in [4.69, 9.17) is 4.74 Å². The molecule has 4 nitrogen and oxygen atoms in total. The van der Waals surface area contributed by atoms with Crippen LogP contribution in [0.4, 0.5) is 0 Å². The van der Waals surface area contributed by atoms with Gasteiger partial charge in [-0.05, 0) is 27.8 Å². The molecule has 1 rings (SSSR count). The maximum absolute atomic E-state index is 5.34. The van der Waals surface area contributed by atoms with Crippen LogP contribution in [-0.2, 0) is 0 Å². The Bertz CT molecular complexity index is 284. The van der Waals surface area contributed by atoms with Crippen molar-refractivity contribution in [3.8, 4) is 5.88 Å². The molecule has 1 aromatic heterocycles. The molecule has 16 heavy (non-hydrogen) atoms. The Balaban J connectivity index is 0.00000106. The van der Waals surface area contributed by atoms with Crippen molar-refractivity contribution < 1.29 is 4.74 Å². The predicted molar refractivity (Wildman–Crippen MR) is 68.1 cm³/mol. The zero-order valence-electron chi connectivity index (χ0n) is 11.4. The highest BCUT2D eigenvalue weighted by Gasteiger charge is 2.10. The molecular weight excluding hydrogens is 202 g/mol. The van der Waals surface area contributed by atoms with Gasteiger partial charge in [-0.2, -0.15) is 0 Å². The fourth-order valence-electron chi connectivity index (χ4n) is 1.51. The van der Waals surface area contributed by atoms with Crippen LogP contribution in [0.25, 0.3) is 0 Å². The van der Waals surface area contributed by atoms with Gasteiger partial charge in [0.2, 0.25) is 5.88 Å². The van der Waals surface area contributed by atoms with Crippen molar-refractivity contribution in [2.75, 3.05) is 20.2 Å². The quantitative estimate of drug-likeness (QED) is 0.839. The van der Waals surface area contributed by atoms with Crippen molar-refractivity contribution in [2.24, 2.45) is 0 Å². The Morgan fingerprint density at radius 2 is 2.12 bits per heavy atom. The van der Waals surface area contributed by atoms with Crippen LogP contribution >= 0.6 is 0 Å². The molecule has 1 N–H and O–H groups in total. The zero-order valence-corrected chi connectivity index (χ0v) is 11.4. The first-order chi connectivity index (χ1) is 7.69. The third kappa shape index (κ3) is 4.23. The van der Waals surface area contributed by atoms with Crippen LogP contribution in [0.3, 0.4) is 0 Å². The Kier molecular flexibility index (Phi) is 7.64. The highest BCUT2D eigenvalue weighted by atomic mass is 16.5. The van der Waals surface area contributed by atoms with Crippen molar-refractivity contribution in [1.29, 1.82) is 0 Å². The van der Waals surface area contributed by atoms with E-state index in [2.05, 4.69) is 17.3 Å². The van der Waals surface area contributed by atoms with Crippen LogP contribution in [-0.4, -0.2) is 30.0 Å². The second-order valence-electron chi connectivity index (χ2n) is 3.41. The number of hydrogen-bond donors (Lipinski definition) is 1. The molecule has 0 aliphatic carbocycles. The van der Waals surface area contributed by atoms with Crippen molar-refractivity contribution in [3.05, 3.63) is 11.8 Å². The molecule has 1 heterocycles. The molecule has 0 saturated carbocycles. The van der Waals surface area contributed by atoms with Gasteiger partial charge in [0, 0.05) is 18.3 Å². The highest BCUT2D eigenvalue weighted by molar-refractivity contribution is 5.14. The van der Waals surface area contributed by atoms with Gasteiger partial charge >= 0.3 is 0 Å². The molecule has 1 atom stereocenters. The van der Waals surface area contributed by atoms with Gasteiger partial charge in [0.05, 0.1) is 12.6 Å². The third-order valence-electron chi connectivity index (χ3n) is 2.11. The van der Waals surface area contributed by atoms with E-state index >= 15 is 0 Å². The Morgan fingerprint density at radius 1 is 1.50 bits per heavy atom. The van der Waals surface area contributed by atoms with E-state index in [-0.39, 0.29) is 0 Å². The first kappa shape index (κ1) is 15.0. The van der Waals surface area contributed by atoms with Gasteiger partial charge in [-0.3, -0.25) is 4.68 Å². The van der Waals surface area contributed by atoms with Crippen LogP contribution in [0.5, 0.6) is 5.88 Å². The van der Waals surface area contributed by atoms with Crippen molar-refractivity contribution in [3.63, 3.8) is 0 Å². The Morgan fingerprint density at radius 3 is 2.62 bits per heavy atom. The minimum absolute atomic E-state index is 0.356. The van der Waals surface area contributed by atoms with Crippen LogP contribution in [0.2, 0.25) is 0 Å². The Labute approximate surface area is 99.0 Å². The fraction of sp³-hybridized carbons (Fsp3) is 0.750. The first-order valence-corrected chi connectivity index (χ1v) is 6.02. The summed E-state index contributed by atoms with van der Waals surface area (Å²) in [5.41, 5.74) is 1.14. The van der Waals surface area contributed by atoms with Gasteiger partial charge in [0.1, 0.15) is 0 Å². The van der Waals surface area contributed by atoms with Gasteiger partial charge in [0.25, 0.3) is 0 Å². The highest BCUT2D eigenvalue weighted by Crippen LogP contribution is 2.15. The summed E-state index contributed by atoms with van der Waals surface area (Å²) >= 11 is 0. The molecule has 1 unspecified atom stereocenters. The lowest BCUT2D eigenvalue weighted by atomic mass is 10.3. The summed E-state index contributed by atoms with van der Waals surface area (Å²) in [4.78, 5) is 0. The van der Waals surface area contributed by atoms with Gasteiger partial charge in [-0.25, -0.2) is 0 Å². The van der Waals surface area contributed by atoms with E-state index in [1.807, 2.05) is 45.5 Å². The number of likely N-dealkylation sites (N-methyl/N-ethyl adjacent to an activating group) is 1. The van der Waals surface area contributed by atoms with E-state index in [1.165, 1.54) is 0 Å². The van der Waals surface area contributed by atoms with Gasteiger partial charge < -0.3 is 10.1 Å². The molecule has 0 aliphatic rings. The summed E-state index contributed by atoms with van der Waals surface area (Å²) in [6, 6.07) is 2.32. The number of ether oxygens (including phenoxy) is 1. The Hall–Kier alpha value is -1.03. The largest absolute Gasteiger partial charge is 0.477 e. The van der Waals surface area contributed by atoms with Crippen LogP contribution in [0.15, 0.2) is 6.07 Å². The first-order valence-electron chi connectivity index (χ1n) is 6.02. The molecule has 0 radical (unpaired) electrons. The van der Waals surface area contributed by atoms with Gasteiger partial charge in [-0.1, -0.05) is 13.8 Å². The predicted octanol–water partition coefficient (Wildman–Crippen LogP) is 2.40. The molecule has 0 spiro atoms. The molecule has 0 amide bonds. The molecule has 0 fully saturated rings. The fourth-order valence-corrected chi connectivity index (χ4v) is 1.51. The normalized spacial score (nSPS) is 11.6. The van der Waals surface area contributed by atoms with Crippen LogP contribution in [0, 0.1) is 6.92 Å². The lowest BCUT2D eigenvalue weighted by molar-refractivity contribution is 0.317. The number of hydrogen-bond acceptors (Lipinski definition) is 3. The maximum atomic E-state index is 5.34. The van der Waals surface area contributed by atoms with E-state index in [9.17, 15) is 0 Å². The second-order valence-corrected chi connectivity index (χ2v) is 3.41. The topological polar surface area (TPSA) is 39.1 Å². The summed E-state index contributed by atoms with van der Waals surface area (Å²) in [6.07, 6.45) is 0. The second kappa shape index (κ2) is 8.16. The number of nitrogens with zero attached hydrogens (tertiary/aromatic N) is 2. The molecule has 0 aromatic carbocycles.